The van der Waals surface area contributed by atoms with Crippen molar-refractivity contribution in [3.8, 4) is 0 Å². The highest BCUT2D eigenvalue weighted by molar-refractivity contribution is 4.95. The van der Waals surface area contributed by atoms with Crippen molar-refractivity contribution >= 4 is 0 Å². The van der Waals surface area contributed by atoms with Crippen LogP contribution in [0.5, 0.6) is 0 Å². The summed E-state index contributed by atoms with van der Waals surface area (Å²) in [4.78, 5) is 2.69. The van der Waals surface area contributed by atoms with E-state index in [1.54, 1.807) is 0 Å². The van der Waals surface area contributed by atoms with Crippen LogP contribution in [0.4, 0.5) is 0 Å². The Morgan fingerprint density at radius 1 is 0.812 bits per heavy atom. The van der Waals surface area contributed by atoms with Crippen molar-refractivity contribution in [3.05, 3.63) is 0 Å². The lowest BCUT2D eigenvalue weighted by atomic mass is 9.67. The zero-order valence-electron chi connectivity index (χ0n) is 10.3. The van der Waals surface area contributed by atoms with E-state index in [1.807, 2.05) is 0 Å². The first kappa shape index (κ1) is 11.0. The molecule has 2 bridgehead atoms. The van der Waals surface area contributed by atoms with Gasteiger partial charge in [0.15, 0.2) is 0 Å². The van der Waals surface area contributed by atoms with Gasteiger partial charge in [-0.3, -0.25) is 0 Å². The maximum absolute atomic E-state index is 10.4. The average Bonchev–Trinajstić information content (AvgIpc) is 2.30. The largest absolute Gasteiger partial charge is 0.392 e. The molecule has 2 heteroatoms. The highest BCUT2D eigenvalue weighted by atomic mass is 16.3. The molecule has 0 aromatic rings. The van der Waals surface area contributed by atoms with Crippen molar-refractivity contribution in [2.45, 2.75) is 63.5 Å². The zero-order chi connectivity index (χ0) is 11.0. The van der Waals surface area contributed by atoms with E-state index in [-0.39, 0.29) is 6.10 Å². The molecule has 0 radical (unpaired) electrons. The number of nitrogens with zero attached hydrogens (tertiary/aromatic N) is 1. The number of likely N-dealkylation sites (tertiary alicyclic amines) is 1. The van der Waals surface area contributed by atoms with E-state index < -0.39 is 0 Å². The van der Waals surface area contributed by atoms with Crippen LogP contribution >= 0.6 is 0 Å². The Labute approximate surface area is 99.0 Å². The number of fused-ring (bicyclic) bond motifs is 2. The topological polar surface area (TPSA) is 23.5 Å². The van der Waals surface area contributed by atoms with Gasteiger partial charge in [0.05, 0.1) is 6.10 Å². The molecule has 2 nitrogen and oxygen atoms in total. The average molecular weight is 223 g/mol. The summed E-state index contributed by atoms with van der Waals surface area (Å²) in [5, 5.41) is 10.4. The SMILES string of the molecule is O[C@H]1[C@H]2CCC[C@@H]1[C@H](N1CCCCC1)CC2. The highest BCUT2D eigenvalue weighted by Crippen LogP contribution is 2.42. The summed E-state index contributed by atoms with van der Waals surface area (Å²) >= 11 is 0. The monoisotopic (exact) mass is 223 g/mol. The molecule has 2 saturated carbocycles. The molecule has 0 aromatic heterocycles. The summed E-state index contributed by atoms with van der Waals surface area (Å²) in [5.74, 6) is 1.24. The van der Waals surface area contributed by atoms with Crippen LogP contribution in [0.1, 0.15) is 51.4 Å². The van der Waals surface area contributed by atoms with Crippen LogP contribution in [0.15, 0.2) is 0 Å². The maximum Gasteiger partial charge on any atom is 0.0611 e. The Bertz CT molecular complexity index is 237. The van der Waals surface area contributed by atoms with E-state index >= 15 is 0 Å². The van der Waals surface area contributed by atoms with Crippen molar-refractivity contribution in [2.24, 2.45) is 11.8 Å². The number of rotatable bonds is 1. The van der Waals surface area contributed by atoms with Gasteiger partial charge in [0, 0.05) is 12.0 Å². The predicted octanol–water partition coefficient (Wildman–Crippen LogP) is 2.41. The quantitative estimate of drug-likeness (QED) is 0.738. The minimum absolute atomic E-state index is 0.0226. The number of hydrogen-bond donors (Lipinski definition) is 1. The summed E-state index contributed by atoms with van der Waals surface area (Å²) < 4.78 is 0. The second kappa shape index (κ2) is 4.66. The first-order valence-electron chi connectivity index (χ1n) is 7.28. The van der Waals surface area contributed by atoms with Gasteiger partial charge in [0.2, 0.25) is 0 Å². The van der Waals surface area contributed by atoms with E-state index in [0.717, 1.165) is 0 Å². The number of aliphatic hydroxyl groups excluding tert-OH is 1. The van der Waals surface area contributed by atoms with Gasteiger partial charge in [-0.1, -0.05) is 12.8 Å². The van der Waals surface area contributed by atoms with E-state index in [4.69, 9.17) is 0 Å². The van der Waals surface area contributed by atoms with Crippen molar-refractivity contribution in [1.82, 2.24) is 4.90 Å². The first-order valence-corrected chi connectivity index (χ1v) is 7.28. The summed E-state index contributed by atoms with van der Waals surface area (Å²) in [5.41, 5.74) is 0. The Balaban J connectivity index is 1.69. The van der Waals surface area contributed by atoms with Crippen LogP contribution < -0.4 is 0 Å². The Hall–Kier alpha value is -0.0800. The van der Waals surface area contributed by atoms with Gasteiger partial charge in [-0.2, -0.15) is 0 Å². The molecular weight excluding hydrogens is 198 g/mol. The van der Waals surface area contributed by atoms with E-state index in [9.17, 15) is 5.11 Å². The standard InChI is InChI=1S/C14H25NO/c16-14-11-5-4-6-12(14)13(8-7-11)15-9-2-1-3-10-15/h11-14,16H,1-10H2/t11-,12+,13+,14-/m0/s1. The fraction of sp³-hybridized carbons (Fsp3) is 1.00. The lowest BCUT2D eigenvalue weighted by molar-refractivity contribution is -0.0659. The van der Waals surface area contributed by atoms with Crippen molar-refractivity contribution in [2.75, 3.05) is 13.1 Å². The van der Waals surface area contributed by atoms with Gasteiger partial charge in [0.1, 0.15) is 0 Å². The van der Waals surface area contributed by atoms with Crippen molar-refractivity contribution < 1.29 is 5.11 Å². The molecule has 1 saturated heterocycles. The van der Waals surface area contributed by atoms with Gasteiger partial charge in [0.25, 0.3) is 0 Å². The number of aliphatic hydroxyl groups is 1. The van der Waals surface area contributed by atoms with Gasteiger partial charge >= 0.3 is 0 Å². The molecule has 92 valence electrons. The predicted molar refractivity (Wildman–Crippen MR) is 65.3 cm³/mol. The van der Waals surface area contributed by atoms with E-state index in [2.05, 4.69) is 4.90 Å². The molecule has 1 heterocycles. The molecule has 3 rings (SSSR count). The second-order valence-corrected chi connectivity index (χ2v) is 6.09. The minimum Gasteiger partial charge on any atom is -0.392 e. The molecule has 1 aliphatic heterocycles. The molecule has 16 heavy (non-hydrogen) atoms. The van der Waals surface area contributed by atoms with Crippen LogP contribution in [-0.4, -0.2) is 35.2 Å². The van der Waals surface area contributed by atoms with Crippen LogP contribution in [0, 0.1) is 11.8 Å². The van der Waals surface area contributed by atoms with Gasteiger partial charge in [-0.25, -0.2) is 0 Å². The first-order chi connectivity index (χ1) is 7.86. The van der Waals surface area contributed by atoms with Crippen molar-refractivity contribution in [3.63, 3.8) is 0 Å². The molecule has 1 N–H and O–H groups in total. The Morgan fingerprint density at radius 3 is 2.44 bits per heavy atom. The number of hydrogen-bond acceptors (Lipinski definition) is 2. The van der Waals surface area contributed by atoms with Crippen LogP contribution in [0.2, 0.25) is 0 Å². The highest BCUT2D eigenvalue weighted by Gasteiger charge is 2.42. The second-order valence-electron chi connectivity index (χ2n) is 6.09. The Morgan fingerprint density at radius 2 is 1.62 bits per heavy atom. The fourth-order valence-corrected chi connectivity index (χ4v) is 4.34. The third-order valence-corrected chi connectivity index (χ3v) is 5.22. The molecule has 0 amide bonds. The van der Waals surface area contributed by atoms with Gasteiger partial charge in [-0.05, 0) is 57.5 Å². The van der Waals surface area contributed by atoms with Gasteiger partial charge < -0.3 is 10.0 Å². The molecule has 0 aromatic carbocycles. The van der Waals surface area contributed by atoms with Crippen LogP contribution in [-0.2, 0) is 0 Å². The molecule has 2 aliphatic carbocycles. The third-order valence-electron chi connectivity index (χ3n) is 5.22. The van der Waals surface area contributed by atoms with Gasteiger partial charge in [-0.15, -0.1) is 0 Å². The zero-order valence-corrected chi connectivity index (χ0v) is 10.3. The Kier molecular flexibility index (Phi) is 3.21. The van der Waals surface area contributed by atoms with Crippen LogP contribution in [0.3, 0.4) is 0 Å². The molecule has 4 atom stereocenters. The summed E-state index contributed by atoms with van der Waals surface area (Å²) in [7, 11) is 0. The summed E-state index contributed by atoms with van der Waals surface area (Å²) in [6.07, 6.45) is 10.7. The molecular formula is C14H25NO. The number of piperidine rings is 1. The summed E-state index contributed by atoms with van der Waals surface area (Å²) in [6, 6.07) is 0.715. The molecule has 3 fully saturated rings. The fourth-order valence-electron chi connectivity index (χ4n) is 4.34. The lowest BCUT2D eigenvalue weighted by Crippen LogP contribution is -2.53. The third kappa shape index (κ3) is 1.91. The lowest BCUT2D eigenvalue weighted by Gasteiger charge is -2.49. The minimum atomic E-state index is 0.0226. The summed E-state index contributed by atoms with van der Waals surface area (Å²) in [6.45, 7) is 2.58. The normalized spacial score (nSPS) is 45.6. The maximum atomic E-state index is 10.4. The smallest absolute Gasteiger partial charge is 0.0611 e. The molecule has 0 unspecified atom stereocenters. The van der Waals surface area contributed by atoms with E-state index in [0.29, 0.717) is 17.9 Å². The van der Waals surface area contributed by atoms with Crippen LogP contribution in [0.25, 0.3) is 0 Å². The molecule has 0 spiro atoms. The molecule has 3 aliphatic rings. The van der Waals surface area contributed by atoms with Crippen molar-refractivity contribution in [1.29, 1.82) is 0 Å². The van der Waals surface area contributed by atoms with E-state index in [1.165, 1.54) is 64.5 Å².